The molecule has 1 atom stereocenters. The summed E-state index contributed by atoms with van der Waals surface area (Å²) in [5, 5.41) is 10.3. The summed E-state index contributed by atoms with van der Waals surface area (Å²) in [6.07, 6.45) is 10.2. The molecule has 2 heterocycles. The Labute approximate surface area is 175 Å². The Hall–Kier alpha value is -3.48. The van der Waals surface area contributed by atoms with E-state index in [0.29, 0.717) is 12.1 Å². The molecule has 2 amide bonds. The van der Waals surface area contributed by atoms with Crippen LogP contribution >= 0.6 is 0 Å². The lowest BCUT2D eigenvalue weighted by atomic mass is 9.85. The van der Waals surface area contributed by atoms with Gasteiger partial charge in [-0.25, -0.2) is 4.68 Å². The Bertz CT molecular complexity index is 1010. The summed E-state index contributed by atoms with van der Waals surface area (Å²) in [6, 6.07) is 10.9. The molecule has 0 saturated heterocycles. The first kappa shape index (κ1) is 19.8. The largest absolute Gasteiger partial charge is 0.352 e. The van der Waals surface area contributed by atoms with Crippen LogP contribution in [0.15, 0.2) is 61.2 Å². The zero-order valence-electron chi connectivity index (χ0n) is 16.9. The second-order valence-corrected chi connectivity index (χ2v) is 7.67. The molecule has 1 aromatic carbocycles. The third-order valence-corrected chi connectivity index (χ3v) is 5.50. The molecule has 0 spiro atoms. The van der Waals surface area contributed by atoms with Crippen molar-refractivity contribution >= 4 is 11.8 Å². The summed E-state index contributed by atoms with van der Waals surface area (Å²) < 4.78 is 1.74. The zero-order valence-corrected chi connectivity index (χ0v) is 16.9. The lowest BCUT2D eigenvalue weighted by molar-refractivity contribution is -0.127. The van der Waals surface area contributed by atoms with Crippen LogP contribution in [-0.2, 0) is 11.3 Å². The van der Waals surface area contributed by atoms with Crippen molar-refractivity contribution in [3.8, 4) is 5.69 Å². The fourth-order valence-electron chi connectivity index (χ4n) is 3.36. The molecule has 2 aromatic heterocycles. The van der Waals surface area contributed by atoms with Gasteiger partial charge in [0.25, 0.3) is 5.91 Å². The predicted octanol–water partition coefficient (Wildman–Crippen LogP) is 3.17. The van der Waals surface area contributed by atoms with Crippen molar-refractivity contribution < 1.29 is 9.59 Å². The number of amides is 2. The van der Waals surface area contributed by atoms with Gasteiger partial charge in [-0.15, -0.1) is 0 Å². The third kappa shape index (κ3) is 4.56. The highest BCUT2D eigenvalue weighted by atomic mass is 16.2. The van der Waals surface area contributed by atoms with E-state index in [-0.39, 0.29) is 23.8 Å². The molecule has 0 aliphatic heterocycles. The van der Waals surface area contributed by atoms with Crippen molar-refractivity contribution in [2.75, 3.05) is 0 Å². The van der Waals surface area contributed by atoms with Gasteiger partial charge in [-0.05, 0) is 55.7 Å². The Morgan fingerprint density at radius 3 is 2.63 bits per heavy atom. The van der Waals surface area contributed by atoms with E-state index >= 15 is 0 Å². The van der Waals surface area contributed by atoms with Gasteiger partial charge < -0.3 is 10.6 Å². The Morgan fingerprint density at radius 2 is 1.97 bits per heavy atom. The van der Waals surface area contributed by atoms with E-state index in [1.807, 2.05) is 37.4 Å². The predicted molar refractivity (Wildman–Crippen MR) is 113 cm³/mol. The molecule has 1 fully saturated rings. The maximum Gasteiger partial charge on any atom is 0.251 e. The number of nitrogens with one attached hydrogen (secondary N) is 2. The summed E-state index contributed by atoms with van der Waals surface area (Å²) in [6.45, 7) is 2.40. The maximum absolute atomic E-state index is 12.5. The van der Waals surface area contributed by atoms with Gasteiger partial charge in [0.2, 0.25) is 5.91 Å². The Kier molecular flexibility index (Phi) is 5.88. The van der Waals surface area contributed by atoms with Crippen LogP contribution in [0, 0.1) is 5.92 Å². The van der Waals surface area contributed by atoms with E-state index in [1.165, 1.54) is 0 Å². The number of nitrogens with zero attached hydrogens (tertiary/aromatic N) is 3. The molecule has 0 unspecified atom stereocenters. The van der Waals surface area contributed by atoms with Crippen molar-refractivity contribution in [1.82, 2.24) is 25.4 Å². The SMILES string of the molecule is C[C@H](NC(=O)c1ccc(-n2cc(CNC(=O)C3CCC3)cn2)cc1)c1cccnc1. The molecule has 30 heavy (non-hydrogen) atoms. The van der Waals surface area contributed by atoms with Gasteiger partial charge in [0.05, 0.1) is 17.9 Å². The number of hydrogen-bond acceptors (Lipinski definition) is 4. The van der Waals surface area contributed by atoms with E-state index in [0.717, 1.165) is 36.1 Å². The Balaban J connectivity index is 1.34. The number of benzene rings is 1. The van der Waals surface area contributed by atoms with Crippen molar-refractivity contribution in [1.29, 1.82) is 0 Å². The topological polar surface area (TPSA) is 88.9 Å². The minimum absolute atomic E-state index is 0.130. The average molecular weight is 403 g/mol. The molecule has 7 nitrogen and oxygen atoms in total. The molecule has 1 aliphatic rings. The monoisotopic (exact) mass is 403 g/mol. The van der Waals surface area contributed by atoms with Gasteiger partial charge in [-0.1, -0.05) is 12.5 Å². The summed E-state index contributed by atoms with van der Waals surface area (Å²) in [4.78, 5) is 28.6. The summed E-state index contributed by atoms with van der Waals surface area (Å²) in [5.74, 6) is 0.169. The fraction of sp³-hybridized carbons (Fsp3) is 0.304. The van der Waals surface area contributed by atoms with Crippen LogP contribution in [0.1, 0.15) is 53.7 Å². The number of carbonyl (C=O) groups is 2. The molecule has 154 valence electrons. The third-order valence-electron chi connectivity index (χ3n) is 5.50. The molecular formula is C23H25N5O2. The Morgan fingerprint density at radius 1 is 1.17 bits per heavy atom. The number of hydrogen-bond donors (Lipinski definition) is 2. The van der Waals surface area contributed by atoms with Gasteiger partial charge in [-0.2, -0.15) is 5.10 Å². The molecule has 1 saturated carbocycles. The summed E-state index contributed by atoms with van der Waals surface area (Å²) >= 11 is 0. The second kappa shape index (κ2) is 8.90. The van der Waals surface area contributed by atoms with Crippen LogP contribution in [0.3, 0.4) is 0 Å². The maximum atomic E-state index is 12.5. The van der Waals surface area contributed by atoms with Crippen molar-refractivity contribution in [3.05, 3.63) is 77.9 Å². The first-order valence-corrected chi connectivity index (χ1v) is 10.2. The fourth-order valence-corrected chi connectivity index (χ4v) is 3.36. The van der Waals surface area contributed by atoms with Crippen molar-refractivity contribution in [2.24, 2.45) is 5.92 Å². The van der Waals surface area contributed by atoms with Crippen molar-refractivity contribution in [3.63, 3.8) is 0 Å². The van der Waals surface area contributed by atoms with Crippen LogP contribution < -0.4 is 10.6 Å². The highest BCUT2D eigenvalue weighted by molar-refractivity contribution is 5.94. The van der Waals surface area contributed by atoms with E-state index in [4.69, 9.17) is 0 Å². The van der Waals surface area contributed by atoms with Gasteiger partial charge in [-0.3, -0.25) is 14.6 Å². The second-order valence-electron chi connectivity index (χ2n) is 7.67. The average Bonchev–Trinajstić information content (AvgIpc) is 3.21. The number of pyridine rings is 1. The highest BCUT2D eigenvalue weighted by Crippen LogP contribution is 2.26. The van der Waals surface area contributed by atoms with Crippen molar-refractivity contribution in [2.45, 2.75) is 38.8 Å². The minimum Gasteiger partial charge on any atom is -0.352 e. The lowest BCUT2D eigenvalue weighted by Gasteiger charge is -2.23. The summed E-state index contributed by atoms with van der Waals surface area (Å²) in [7, 11) is 0. The minimum atomic E-state index is -0.141. The lowest BCUT2D eigenvalue weighted by Crippen LogP contribution is -2.33. The van der Waals surface area contributed by atoms with Gasteiger partial charge >= 0.3 is 0 Å². The molecule has 0 bridgehead atoms. The van der Waals surface area contributed by atoms with E-state index in [2.05, 4.69) is 20.7 Å². The number of rotatable bonds is 7. The molecular weight excluding hydrogens is 378 g/mol. The van der Waals surface area contributed by atoms with Crippen LogP contribution in [-0.4, -0.2) is 26.6 Å². The van der Waals surface area contributed by atoms with Crippen LogP contribution in [0.2, 0.25) is 0 Å². The zero-order chi connectivity index (χ0) is 20.9. The standard InChI is InChI=1S/C23H25N5O2/c1-16(20-6-3-11-24-14-20)27-23(30)19-7-9-21(10-8-19)28-15-17(13-26-28)12-25-22(29)18-4-2-5-18/h3,6-11,13-16,18H,2,4-5,12H2,1H3,(H,25,29)(H,27,30)/t16-/m0/s1. The van der Waals surface area contributed by atoms with Gasteiger partial charge in [0, 0.05) is 42.2 Å². The number of carbonyl (C=O) groups excluding carboxylic acids is 2. The van der Waals surface area contributed by atoms with E-state index < -0.39 is 0 Å². The van der Waals surface area contributed by atoms with Crippen LogP contribution in [0.25, 0.3) is 5.69 Å². The van der Waals surface area contributed by atoms with Crippen LogP contribution in [0.5, 0.6) is 0 Å². The summed E-state index contributed by atoms with van der Waals surface area (Å²) in [5.41, 5.74) is 3.32. The smallest absolute Gasteiger partial charge is 0.251 e. The molecule has 3 aromatic rings. The molecule has 1 aliphatic carbocycles. The number of aromatic nitrogens is 3. The quantitative estimate of drug-likeness (QED) is 0.634. The highest BCUT2D eigenvalue weighted by Gasteiger charge is 2.24. The first-order chi connectivity index (χ1) is 14.6. The van der Waals surface area contributed by atoms with Gasteiger partial charge in [0.1, 0.15) is 0 Å². The van der Waals surface area contributed by atoms with Crippen LogP contribution in [0.4, 0.5) is 0 Å². The molecule has 2 N–H and O–H groups in total. The molecule has 4 rings (SSSR count). The van der Waals surface area contributed by atoms with E-state index in [9.17, 15) is 9.59 Å². The molecule has 0 radical (unpaired) electrons. The first-order valence-electron chi connectivity index (χ1n) is 10.2. The van der Waals surface area contributed by atoms with Gasteiger partial charge in [0.15, 0.2) is 0 Å². The normalized spacial score (nSPS) is 14.6. The van der Waals surface area contributed by atoms with E-state index in [1.54, 1.807) is 35.4 Å². The molecule has 7 heteroatoms.